The topological polar surface area (TPSA) is 20.2 Å². The molecule has 1 heteroatoms. The van der Waals surface area contributed by atoms with Crippen molar-refractivity contribution < 1.29 is 5.11 Å². The van der Waals surface area contributed by atoms with Gasteiger partial charge in [0, 0.05) is 0 Å². The Kier molecular flexibility index (Phi) is 6.19. The molecule has 0 aromatic heterocycles. The zero-order valence-corrected chi connectivity index (χ0v) is 13.1. The highest BCUT2D eigenvalue weighted by atomic mass is 16.3. The van der Waals surface area contributed by atoms with Gasteiger partial charge in [-0.15, -0.1) is 0 Å². The van der Waals surface area contributed by atoms with Crippen LogP contribution in [0.5, 0.6) is 0 Å². The van der Waals surface area contributed by atoms with E-state index in [0.29, 0.717) is 5.92 Å². The highest BCUT2D eigenvalue weighted by Gasteiger charge is 2.28. The zero-order chi connectivity index (χ0) is 13.7. The number of rotatable bonds is 5. The van der Waals surface area contributed by atoms with E-state index in [1.54, 1.807) is 0 Å². The molecule has 0 heterocycles. The second kappa shape index (κ2) is 7.67. The Morgan fingerprint density at radius 3 is 1.89 bits per heavy atom. The van der Waals surface area contributed by atoms with Crippen molar-refractivity contribution in [1.82, 2.24) is 0 Å². The molecule has 0 radical (unpaired) electrons. The third-order valence-electron chi connectivity index (χ3n) is 6.12. The lowest BCUT2D eigenvalue weighted by Crippen LogP contribution is -2.29. The van der Waals surface area contributed by atoms with Gasteiger partial charge in [-0.3, -0.25) is 0 Å². The molecule has 0 bridgehead atoms. The molecular weight excluding hydrogens is 232 g/mol. The minimum absolute atomic E-state index is 0.000391. The first kappa shape index (κ1) is 15.4. The highest BCUT2D eigenvalue weighted by molar-refractivity contribution is 4.80. The van der Waals surface area contributed by atoms with Crippen molar-refractivity contribution in [1.29, 1.82) is 0 Å². The van der Waals surface area contributed by atoms with Crippen LogP contribution < -0.4 is 0 Å². The maximum absolute atomic E-state index is 10.1. The van der Waals surface area contributed by atoms with Crippen LogP contribution in [0.25, 0.3) is 0 Å². The molecule has 2 saturated carbocycles. The van der Waals surface area contributed by atoms with Gasteiger partial charge in [0.15, 0.2) is 0 Å². The van der Waals surface area contributed by atoms with Gasteiger partial charge >= 0.3 is 0 Å². The van der Waals surface area contributed by atoms with Gasteiger partial charge in [0.1, 0.15) is 0 Å². The second-order valence-electron chi connectivity index (χ2n) is 7.29. The van der Waals surface area contributed by atoms with Gasteiger partial charge in [-0.25, -0.2) is 0 Å². The Morgan fingerprint density at radius 2 is 1.32 bits per heavy atom. The molecule has 0 saturated heterocycles. The van der Waals surface area contributed by atoms with Crippen LogP contribution in [0.3, 0.4) is 0 Å². The van der Waals surface area contributed by atoms with Gasteiger partial charge in [-0.1, -0.05) is 65.2 Å². The third-order valence-corrected chi connectivity index (χ3v) is 6.12. The highest BCUT2D eigenvalue weighted by Crippen LogP contribution is 2.37. The van der Waals surface area contributed by atoms with Crippen LogP contribution in [0.1, 0.15) is 84.5 Å². The van der Waals surface area contributed by atoms with Crippen molar-refractivity contribution in [3.63, 3.8) is 0 Å². The van der Waals surface area contributed by atoms with Crippen LogP contribution in [0.2, 0.25) is 0 Å². The molecule has 2 rings (SSSR count). The SMILES string of the molecule is CCC1CCC(CCC2CCC(CC)C(O)C2)CC1. The minimum atomic E-state index is -0.000391. The van der Waals surface area contributed by atoms with E-state index in [0.717, 1.165) is 30.6 Å². The lowest BCUT2D eigenvalue weighted by molar-refractivity contribution is 0.0387. The first-order valence-corrected chi connectivity index (χ1v) is 8.90. The van der Waals surface area contributed by atoms with Crippen LogP contribution in [0.15, 0.2) is 0 Å². The molecular formula is C18H34O. The Hall–Kier alpha value is -0.0400. The third kappa shape index (κ3) is 4.48. The lowest BCUT2D eigenvalue weighted by Gasteiger charge is -2.34. The molecule has 2 aliphatic carbocycles. The summed E-state index contributed by atoms with van der Waals surface area (Å²) < 4.78 is 0. The molecule has 3 unspecified atom stereocenters. The van der Waals surface area contributed by atoms with Crippen LogP contribution >= 0.6 is 0 Å². The van der Waals surface area contributed by atoms with Crippen molar-refractivity contribution >= 4 is 0 Å². The van der Waals surface area contributed by atoms with Crippen molar-refractivity contribution in [2.24, 2.45) is 23.7 Å². The van der Waals surface area contributed by atoms with Gasteiger partial charge in [0.2, 0.25) is 0 Å². The van der Waals surface area contributed by atoms with E-state index in [-0.39, 0.29) is 6.10 Å². The smallest absolute Gasteiger partial charge is 0.0570 e. The van der Waals surface area contributed by atoms with Gasteiger partial charge in [0.05, 0.1) is 6.10 Å². The van der Waals surface area contributed by atoms with E-state index >= 15 is 0 Å². The summed E-state index contributed by atoms with van der Waals surface area (Å²) in [7, 11) is 0. The maximum atomic E-state index is 10.1. The Morgan fingerprint density at radius 1 is 0.737 bits per heavy atom. The van der Waals surface area contributed by atoms with Crippen molar-refractivity contribution in [2.45, 2.75) is 90.6 Å². The van der Waals surface area contributed by atoms with E-state index in [2.05, 4.69) is 13.8 Å². The predicted octanol–water partition coefficient (Wildman–Crippen LogP) is 5.17. The summed E-state index contributed by atoms with van der Waals surface area (Å²) in [4.78, 5) is 0. The number of aliphatic hydroxyl groups is 1. The summed E-state index contributed by atoms with van der Waals surface area (Å²) in [5, 5.41) is 10.1. The molecule has 0 amide bonds. The Balaban J connectivity index is 1.64. The molecule has 3 atom stereocenters. The summed E-state index contributed by atoms with van der Waals surface area (Å²) in [5.74, 6) is 3.44. The molecule has 0 aromatic rings. The van der Waals surface area contributed by atoms with Crippen LogP contribution in [-0.2, 0) is 0 Å². The van der Waals surface area contributed by atoms with Gasteiger partial charge < -0.3 is 5.11 Å². The normalized spacial score (nSPS) is 40.3. The number of hydrogen-bond donors (Lipinski definition) is 1. The lowest BCUT2D eigenvalue weighted by atomic mass is 9.74. The monoisotopic (exact) mass is 266 g/mol. The number of hydrogen-bond acceptors (Lipinski definition) is 1. The first-order valence-electron chi connectivity index (χ1n) is 8.90. The van der Waals surface area contributed by atoms with Crippen molar-refractivity contribution in [2.75, 3.05) is 0 Å². The quantitative estimate of drug-likeness (QED) is 0.728. The Labute approximate surface area is 120 Å². The summed E-state index contributed by atoms with van der Waals surface area (Å²) in [6, 6.07) is 0. The van der Waals surface area contributed by atoms with Gasteiger partial charge in [-0.2, -0.15) is 0 Å². The maximum Gasteiger partial charge on any atom is 0.0570 e. The standard InChI is InChI=1S/C18H34O/c1-3-14-5-7-15(8-6-14)9-10-16-11-12-17(4-2)18(19)13-16/h14-19H,3-13H2,1-2H3. The molecule has 0 spiro atoms. The second-order valence-corrected chi connectivity index (χ2v) is 7.29. The van der Waals surface area contributed by atoms with E-state index in [9.17, 15) is 5.11 Å². The van der Waals surface area contributed by atoms with Crippen molar-refractivity contribution in [3.8, 4) is 0 Å². The molecule has 19 heavy (non-hydrogen) atoms. The molecule has 1 nitrogen and oxygen atoms in total. The number of aliphatic hydroxyl groups excluding tert-OH is 1. The first-order chi connectivity index (χ1) is 9.22. The van der Waals surface area contributed by atoms with E-state index < -0.39 is 0 Å². The largest absolute Gasteiger partial charge is 0.393 e. The van der Waals surface area contributed by atoms with Crippen LogP contribution in [-0.4, -0.2) is 11.2 Å². The van der Waals surface area contributed by atoms with Gasteiger partial charge in [0.25, 0.3) is 0 Å². The zero-order valence-electron chi connectivity index (χ0n) is 13.1. The van der Waals surface area contributed by atoms with Crippen molar-refractivity contribution in [3.05, 3.63) is 0 Å². The summed E-state index contributed by atoms with van der Waals surface area (Å²) in [6.07, 6.45) is 15.0. The summed E-state index contributed by atoms with van der Waals surface area (Å²) in [6.45, 7) is 4.57. The van der Waals surface area contributed by atoms with Crippen LogP contribution in [0, 0.1) is 23.7 Å². The average Bonchev–Trinajstić information content (AvgIpc) is 2.46. The van der Waals surface area contributed by atoms with Crippen LogP contribution in [0.4, 0.5) is 0 Å². The molecule has 0 aromatic carbocycles. The van der Waals surface area contributed by atoms with Gasteiger partial charge in [-0.05, 0) is 42.9 Å². The van der Waals surface area contributed by atoms with E-state index in [1.165, 1.54) is 57.8 Å². The summed E-state index contributed by atoms with van der Waals surface area (Å²) >= 11 is 0. The van der Waals surface area contributed by atoms with E-state index in [4.69, 9.17) is 0 Å². The fraction of sp³-hybridized carbons (Fsp3) is 1.00. The Bertz CT molecular complexity index is 242. The predicted molar refractivity (Wildman–Crippen MR) is 82.1 cm³/mol. The molecule has 2 fully saturated rings. The minimum Gasteiger partial charge on any atom is -0.393 e. The molecule has 0 aliphatic heterocycles. The fourth-order valence-electron chi connectivity index (χ4n) is 4.43. The molecule has 2 aliphatic rings. The average molecular weight is 266 g/mol. The van der Waals surface area contributed by atoms with E-state index in [1.807, 2.05) is 0 Å². The summed E-state index contributed by atoms with van der Waals surface area (Å²) in [5.41, 5.74) is 0. The molecule has 1 N–H and O–H groups in total. The fourth-order valence-corrected chi connectivity index (χ4v) is 4.43. The molecule has 112 valence electrons.